The molecule has 1 aromatic carbocycles. The molecular weight excluding hydrogens is 408 g/mol. The van der Waals surface area contributed by atoms with Crippen LogP contribution in [0.5, 0.6) is 0 Å². The van der Waals surface area contributed by atoms with Gasteiger partial charge in [0.2, 0.25) is 0 Å². The number of hydrogen-bond acceptors (Lipinski definition) is 5. The highest BCUT2D eigenvalue weighted by Crippen LogP contribution is 2.61. The molecule has 1 aromatic rings. The molecule has 8 nitrogen and oxygen atoms in total. The van der Waals surface area contributed by atoms with Crippen molar-refractivity contribution in [1.29, 1.82) is 0 Å². The largest absolute Gasteiger partial charge is 0.390 e. The minimum absolute atomic E-state index is 0.126. The van der Waals surface area contributed by atoms with Crippen molar-refractivity contribution >= 4 is 22.0 Å². The first-order valence-corrected chi connectivity index (χ1v) is 11.8. The summed E-state index contributed by atoms with van der Waals surface area (Å²) in [6, 6.07) is 4.29. The van der Waals surface area contributed by atoms with Crippen LogP contribution in [-0.4, -0.2) is 60.4 Å². The Morgan fingerprint density at radius 3 is 2.53 bits per heavy atom. The summed E-state index contributed by atoms with van der Waals surface area (Å²) < 4.78 is 33.8. The van der Waals surface area contributed by atoms with Crippen LogP contribution in [0, 0.1) is 17.3 Å². The fraction of sp³-hybridized carbons (Fsp3) is 0.667. The summed E-state index contributed by atoms with van der Waals surface area (Å²) in [7, 11) is -1.91. The molecule has 0 aromatic heterocycles. The zero-order chi connectivity index (χ0) is 22.0. The van der Waals surface area contributed by atoms with Gasteiger partial charge in [0.1, 0.15) is 0 Å². The number of anilines is 1. The maximum absolute atomic E-state index is 12.4. The van der Waals surface area contributed by atoms with Crippen LogP contribution in [0.15, 0.2) is 18.2 Å². The zero-order valence-corrected chi connectivity index (χ0v) is 18.3. The number of urea groups is 1. The van der Waals surface area contributed by atoms with Crippen molar-refractivity contribution in [2.75, 3.05) is 18.4 Å². The summed E-state index contributed by atoms with van der Waals surface area (Å²) in [4.78, 5) is 13.5. The highest BCUT2D eigenvalue weighted by molar-refractivity contribution is 7.88. The number of nitrogens with zero attached hydrogens (tertiary/aromatic N) is 2. The van der Waals surface area contributed by atoms with Crippen LogP contribution >= 0.6 is 0 Å². The normalized spacial score (nSPS) is 35.2. The molecule has 9 heteroatoms. The number of rotatable bonds is 2. The lowest BCUT2D eigenvalue weighted by atomic mass is 9.55. The molecule has 0 aliphatic heterocycles. The standard InChI is InChI=1S/C21H30N2O6S/c1-21-9-8-15-14-7-5-13(23(30(27,28)29)20(26)22(2)3)10-12(14)4-6-16(15)17(21)11-18(24)19(21)25/h5,7,10,15-19,24-25H,4,6,8-9,11H2,1-3H3,(H,27,28,29)/t15-,16-,17+,18-,19+,21+/m1/s1. The van der Waals surface area contributed by atoms with Crippen molar-refractivity contribution in [3.8, 4) is 0 Å². The third-order valence-electron chi connectivity index (χ3n) is 7.70. The molecule has 6 atom stereocenters. The number of benzene rings is 1. The summed E-state index contributed by atoms with van der Waals surface area (Å²) >= 11 is 0. The van der Waals surface area contributed by atoms with Gasteiger partial charge in [0, 0.05) is 14.1 Å². The van der Waals surface area contributed by atoms with Crippen molar-refractivity contribution in [1.82, 2.24) is 4.90 Å². The Balaban J connectivity index is 1.68. The molecule has 4 rings (SSSR count). The molecule has 3 N–H and O–H groups in total. The van der Waals surface area contributed by atoms with Crippen molar-refractivity contribution in [2.24, 2.45) is 17.3 Å². The highest BCUT2D eigenvalue weighted by Gasteiger charge is 2.57. The first-order chi connectivity index (χ1) is 13.9. The maximum atomic E-state index is 12.4. The number of fused-ring (bicyclic) bond motifs is 5. The minimum atomic E-state index is -4.76. The van der Waals surface area contributed by atoms with E-state index in [9.17, 15) is 28.0 Å². The number of amides is 2. The summed E-state index contributed by atoms with van der Waals surface area (Å²) in [5.41, 5.74) is 1.98. The molecule has 3 aliphatic carbocycles. The van der Waals surface area contributed by atoms with E-state index in [0.717, 1.165) is 41.7 Å². The van der Waals surface area contributed by atoms with Gasteiger partial charge in [0.05, 0.1) is 17.9 Å². The molecule has 0 spiro atoms. The Morgan fingerprint density at radius 2 is 1.90 bits per heavy atom. The Hall–Kier alpha value is -1.68. The topological polar surface area (TPSA) is 118 Å². The summed E-state index contributed by atoms with van der Waals surface area (Å²) in [5.74, 6) is 0.885. The summed E-state index contributed by atoms with van der Waals surface area (Å²) in [5, 5.41) is 20.8. The van der Waals surface area contributed by atoms with Gasteiger partial charge in [-0.15, -0.1) is 0 Å². The number of aliphatic hydroxyl groups excluding tert-OH is 2. The van der Waals surface area contributed by atoms with Crippen LogP contribution in [0.1, 0.15) is 49.7 Å². The van der Waals surface area contributed by atoms with Crippen LogP contribution in [-0.2, 0) is 16.7 Å². The van der Waals surface area contributed by atoms with Gasteiger partial charge in [-0.1, -0.05) is 13.0 Å². The quantitative estimate of drug-likeness (QED) is 0.609. The second kappa shape index (κ2) is 7.19. The van der Waals surface area contributed by atoms with E-state index in [1.54, 1.807) is 12.1 Å². The van der Waals surface area contributed by atoms with Gasteiger partial charge in [-0.25, -0.2) is 4.79 Å². The first-order valence-electron chi connectivity index (χ1n) is 10.4. The van der Waals surface area contributed by atoms with Crippen LogP contribution in [0.4, 0.5) is 10.5 Å². The van der Waals surface area contributed by atoms with Gasteiger partial charge in [-0.2, -0.15) is 12.7 Å². The minimum Gasteiger partial charge on any atom is -0.390 e. The molecular formula is C21H30N2O6S. The van der Waals surface area contributed by atoms with Gasteiger partial charge in [0.25, 0.3) is 0 Å². The molecule has 3 aliphatic rings. The van der Waals surface area contributed by atoms with E-state index in [2.05, 4.69) is 6.92 Å². The van der Waals surface area contributed by atoms with E-state index in [1.165, 1.54) is 14.1 Å². The molecule has 2 fully saturated rings. The van der Waals surface area contributed by atoms with Crippen LogP contribution in [0.2, 0.25) is 0 Å². The third-order valence-corrected chi connectivity index (χ3v) is 8.53. The highest BCUT2D eigenvalue weighted by atomic mass is 32.2. The molecule has 0 saturated heterocycles. The average Bonchev–Trinajstić information content (AvgIpc) is 2.90. The van der Waals surface area contributed by atoms with E-state index in [1.807, 2.05) is 6.07 Å². The van der Waals surface area contributed by atoms with Gasteiger partial charge in [-0.05, 0) is 78.5 Å². The second-order valence-electron chi connectivity index (χ2n) is 9.51. The lowest BCUT2D eigenvalue weighted by Crippen LogP contribution is -2.45. The van der Waals surface area contributed by atoms with Crippen molar-refractivity contribution in [3.05, 3.63) is 29.3 Å². The number of carbonyl (C=O) groups excluding carboxylic acids is 1. The fourth-order valence-corrected chi connectivity index (χ4v) is 6.95. The fourth-order valence-electron chi connectivity index (χ4n) is 6.21. The molecule has 166 valence electrons. The van der Waals surface area contributed by atoms with Gasteiger partial charge < -0.3 is 15.1 Å². The van der Waals surface area contributed by atoms with Gasteiger partial charge >= 0.3 is 16.3 Å². The Kier molecular flexibility index (Phi) is 5.16. The van der Waals surface area contributed by atoms with Gasteiger partial charge in [0.15, 0.2) is 0 Å². The molecule has 30 heavy (non-hydrogen) atoms. The second-order valence-corrected chi connectivity index (χ2v) is 10.8. The average molecular weight is 439 g/mol. The van der Waals surface area contributed by atoms with Crippen LogP contribution in [0.25, 0.3) is 0 Å². The third kappa shape index (κ3) is 3.23. The number of aryl methyl sites for hydroxylation is 1. The predicted octanol–water partition coefficient (Wildman–Crippen LogP) is 2.17. The van der Waals surface area contributed by atoms with Crippen molar-refractivity contribution in [2.45, 2.75) is 57.2 Å². The number of hydrogen-bond donors (Lipinski definition) is 3. The molecule has 2 amide bonds. The predicted molar refractivity (Wildman–Crippen MR) is 112 cm³/mol. The van der Waals surface area contributed by atoms with E-state index in [0.29, 0.717) is 16.6 Å². The van der Waals surface area contributed by atoms with E-state index < -0.39 is 28.5 Å². The molecule has 0 bridgehead atoms. The van der Waals surface area contributed by atoms with E-state index >= 15 is 0 Å². The van der Waals surface area contributed by atoms with E-state index in [-0.39, 0.29) is 22.9 Å². The van der Waals surface area contributed by atoms with Crippen molar-refractivity contribution < 1.29 is 28.0 Å². The number of carbonyl (C=O) groups is 1. The first kappa shape index (κ1) is 21.5. The Bertz CT molecular complexity index is 964. The monoisotopic (exact) mass is 438 g/mol. The molecule has 0 radical (unpaired) electrons. The number of aliphatic hydroxyl groups is 2. The maximum Gasteiger partial charge on any atom is 0.368 e. The smallest absolute Gasteiger partial charge is 0.368 e. The van der Waals surface area contributed by atoms with Crippen LogP contribution in [0.3, 0.4) is 0 Å². The molecule has 0 unspecified atom stereocenters. The Morgan fingerprint density at radius 1 is 1.20 bits per heavy atom. The van der Waals surface area contributed by atoms with Crippen LogP contribution < -0.4 is 4.31 Å². The van der Waals surface area contributed by atoms with Gasteiger partial charge in [-0.3, -0.25) is 4.55 Å². The van der Waals surface area contributed by atoms with Crippen molar-refractivity contribution in [3.63, 3.8) is 0 Å². The zero-order valence-electron chi connectivity index (χ0n) is 17.5. The lowest BCUT2D eigenvalue weighted by Gasteiger charge is -2.50. The van der Waals surface area contributed by atoms with E-state index in [4.69, 9.17) is 0 Å². The summed E-state index contributed by atoms with van der Waals surface area (Å²) in [6.45, 7) is 2.09. The lowest BCUT2D eigenvalue weighted by molar-refractivity contribution is -0.0505. The SMILES string of the molecule is CN(C)C(=O)N(c1ccc2c(c1)CC[C@@H]1[C@@H]2CC[C@]2(C)[C@@H](O)[C@H](O)C[C@@H]12)S(=O)(=O)O. The molecule has 0 heterocycles. The Labute approximate surface area is 177 Å². The molecule has 2 saturated carbocycles. The summed E-state index contributed by atoms with van der Waals surface area (Å²) in [6.07, 6.45) is 2.57.